The maximum atomic E-state index is 13.3. The third-order valence-electron chi connectivity index (χ3n) is 6.26. The van der Waals surface area contributed by atoms with Gasteiger partial charge in [-0.15, -0.1) is 0 Å². The Bertz CT molecular complexity index is 1280. The molecule has 3 aromatic rings. The van der Waals surface area contributed by atoms with E-state index < -0.39 is 10.0 Å². The normalized spacial score (nSPS) is 14.4. The van der Waals surface area contributed by atoms with Crippen molar-refractivity contribution in [1.82, 2.24) is 4.90 Å². The van der Waals surface area contributed by atoms with Crippen molar-refractivity contribution in [3.05, 3.63) is 88.5 Å². The standard InChI is InChI=1S/C27H31N3O3S/c1-19-6-12-25(13-7-19)34(32,33)28-23-8-10-24(11-9-23)30-15-5-14-29(27(30)31)18-26-21(3)16-20(2)17-22(26)4/h6-13,16-17,28H,5,14-15,18H2,1-4H3. The Morgan fingerprint density at radius 2 is 1.44 bits per heavy atom. The van der Waals surface area contributed by atoms with Crippen molar-refractivity contribution in [2.24, 2.45) is 0 Å². The number of anilines is 2. The Morgan fingerprint density at radius 3 is 2.06 bits per heavy atom. The van der Waals surface area contributed by atoms with Gasteiger partial charge in [0.05, 0.1) is 4.90 Å². The van der Waals surface area contributed by atoms with Crippen LogP contribution in [0.4, 0.5) is 16.2 Å². The molecule has 6 nitrogen and oxygen atoms in total. The van der Waals surface area contributed by atoms with E-state index in [9.17, 15) is 13.2 Å². The summed E-state index contributed by atoms with van der Waals surface area (Å²) in [6, 6.07) is 18.0. The summed E-state index contributed by atoms with van der Waals surface area (Å²) in [5.41, 5.74) is 7.03. The average molecular weight is 478 g/mol. The Balaban J connectivity index is 1.48. The summed E-state index contributed by atoms with van der Waals surface area (Å²) in [7, 11) is -3.67. The van der Waals surface area contributed by atoms with Crippen LogP contribution in [0.2, 0.25) is 0 Å². The summed E-state index contributed by atoms with van der Waals surface area (Å²) in [4.78, 5) is 17.2. The van der Waals surface area contributed by atoms with Crippen molar-refractivity contribution >= 4 is 27.4 Å². The number of urea groups is 1. The number of nitrogens with zero attached hydrogens (tertiary/aromatic N) is 2. The zero-order valence-corrected chi connectivity index (χ0v) is 20.9. The summed E-state index contributed by atoms with van der Waals surface area (Å²) in [5.74, 6) is 0. The van der Waals surface area contributed by atoms with Crippen LogP contribution in [0.5, 0.6) is 0 Å². The van der Waals surface area contributed by atoms with Crippen LogP contribution < -0.4 is 9.62 Å². The molecule has 1 aliphatic rings. The maximum Gasteiger partial charge on any atom is 0.324 e. The second-order valence-electron chi connectivity index (χ2n) is 9.05. The fraction of sp³-hybridized carbons (Fsp3) is 0.296. The molecule has 1 fully saturated rings. The van der Waals surface area contributed by atoms with Crippen LogP contribution in [0.3, 0.4) is 0 Å². The first kappa shape index (κ1) is 23.8. The Kier molecular flexibility index (Phi) is 6.66. The average Bonchev–Trinajstić information content (AvgIpc) is 2.78. The van der Waals surface area contributed by atoms with Crippen LogP contribution in [0.15, 0.2) is 65.6 Å². The minimum Gasteiger partial charge on any atom is -0.320 e. The summed E-state index contributed by atoms with van der Waals surface area (Å²) < 4.78 is 27.9. The first-order chi connectivity index (χ1) is 16.1. The quantitative estimate of drug-likeness (QED) is 0.506. The zero-order chi connectivity index (χ0) is 24.5. The molecule has 0 unspecified atom stereocenters. The first-order valence-corrected chi connectivity index (χ1v) is 12.9. The van der Waals surface area contributed by atoms with E-state index in [4.69, 9.17) is 0 Å². The Morgan fingerprint density at radius 1 is 0.824 bits per heavy atom. The summed E-state index contributed by atoms with van der Waals surface area (Å²) in [6.07, 6.45) is 0.873. The highest BCUT2D eigenvalue weighted by atomic mass is 32.2. The van der Waals surface area contributed by atoms with Crippen LogP contribution in [-0.4, -0.2) is 32.4 Å². The second-order valence-corrected chi connectivity index (χ2v) is 10.7. The number of carbonyl (C=O) groups excluding carboxylic acids is 1. The molecule has 178 valence electrons. The lowest BCUT2D eigenvalue weighted by atomic mass is 9.99. The van der Waals surface area contributed by atoms with Gasteiger partial charge in [-0.1, -0.05) is 35.4 Å². The van der Waals surface area contributed by atoms with Gasteiger partial charge in [0.25, 0.3) is 10.0 Å². The topological polar surface area (TPSA) is 69.7 Å². The fourth-order valence-electron chi connectivity index (χ4n) is 4.46. The number of sulfonamides is 1. The second kappa shape index (κ2) is 9.50. The zero-order valence-electron chi connectivity index (χ0n) is 20.1. The van der Waals surface area contributed by atoms with Crippen molar-refractivity contribution in [1.29, 1.82) is 0 Å². The lowest BCUT2D eigenvalue weighted by Crippen LogP contribution is -2.49. The third kappa shape index (κ3) is 5.09. The highest BCUT2D eigenvalue weighted by Crippen LogP contribution is 2.26. The molecule has 34 heavy (non-hydrogen) atoms. The van der Waals surface area contributed by atoms with Gasteiger partial charge in [-0.25, -0.2) is 13.2 Å². The van der Waals surface area contributed by atoms with Gasteiger partial charge < -0.3 is 4.90 Å². The van der Waals surface area contributed by atoms with E-state index in [1.165, 1.54) is 22.3 Å². The third-order valence-corrected chi connectivity index (χ3v) is 7.66. The number of rotatable bonds is 6. The predicted octanol–water partition coefficient (Wildman–Crippen LogP) is 5.55. The van der Waals surface area contributed by atoms with Crippen molar-refractivity contribution in [2.45, 2.75) is 45.6 Å². The number of hydrogen-bond acceptors (Lipinski definition) is 3. The molecule has 0 saturated carbocycles. The number of benzene rings is 3. The van der Waals surface area contributed by atoms with Gasteiger partial charge in [0, 0.05) is 31.0 Å². The van der Waals surface area contributed by atoms with Gasteiger partial charge in [0.1, 0.15) is 0 Å². The molecule has 0 radical (unpaired) electrons. The number of nitrogens with one attached hydrogen (secondary N) is 1. The Hall–Kier alpha value is -3.32. The van der Waals surface area contributed by atoms with Gasteiger partial charge in [-0.2, -0.15) is 0 Å². The molecule has 0 atom stereocenters. The van der Waals surface area contributed by atoms with E-state index in [-0.39, 0.29) is 10.9 Å². The fourth-order valence-corrected chi connectivity index (χ4v) is 5.52. The number of hydrogen-bond donors (Lipinski definition) is 1. The predicted molar refractivity (Wildman–Crippen MR) is 137 cm³/mol. The van der Waals surface area contributed by atoms with E-state index in [2.05, 4.69) is 37.6 Å². The van der Waals surface area contributed by atoms with Gasteiger partial charge in [0.2, 0.25) is 0 Å². The minimum atomic E-state index is -3.67. The van der Waals surface area contributed by atoms with Crippen LogP contribution in [0.1, 0.15) is 34.2 Å². The monoisotopic (exact) mass is 477 g/mol. The molecule has 0 aromatic heterocycles. The number of amides is 2. The van der Waals surface area contributed by atoms with Gasteiger partial charge in [-0.3, -0.25) is 9.62 Å². The van der Waals surface area contributed by atoms with Crippen LogP contribution in [0.25, 0.3) is 0 Å². The highest BCUT2D eigenvalue weighted by molar-refractivity contribution is 7.92. The summed E-state index contributed by atoms with van der Waals surface area (Å²) >= 11 is 0. The lowest BCUT2D eigenvalue weighted by molar-refractivity contribution is 0.192. The smallest absolute Gasteiger partial charge is 0.320 e. The van der Waals surface area contributed by atoms with Gasteiger partial charge in [-0.05, 0) is 87.2 Å². The molecule has 1 heterocycles. The molecule has 7 heteroatoms. The molecule has 0 bridgehead atoms. The Labute approximate surface area is 202 Å². The minimum absolute atomic E-state index is 0.0291. The van der Waals surface area contributed by atoms with Crippen molar-refractivity contribution in [3.63, 3.8) is 0 Å². The number of carbonyl (C=O) groups is 1. The molecule has 0 spiro atoms. The van der Waals surface area contributed by atoms with E-state index in [0.29, 0.717) is 18.8 Å². The van der Waals surface area contributed by atoms with E-state index in [1.807, 2.05) is 11.8 Å². The van der Waals surface area contributed by atoms with E-state index in [0.717, 1.165) is 24.2 Å². The lowest BCUT2D eigenvalue weighted by Gasteiger charge is -2.36. The molecule has 1 aliphatic heterocycles. The highest BCUT2D eigenvalue weighted by Gasteiger charge is 2.27. The molecule has 0 aliphatic carbocycles. The molecule has 1 N–H and O–H groups in total. The molecule has 2 amide bonds. The van der Waals surface area contributed by atoms with Crippen LogP contribution >= 0.6 is 0 Å². The first-order valence-electron chi connectivity index (χ1n) is 11.5. The van der Waals surface area contributed by atoms with Crippen LogP contribution in [0, 0.1) is 27.7 Å². The van der Waals surface area contributed by atoms with Crippen molar-refractivity contribution < 1.29 is 13.2 Å². The van der Waals surface area contributed by atoms with Crippen molar-refractivity contribution in [2.75, 3.05) is 22.7 Å². The summed E-state index contributed by atoms with van der Waals surface area (Å²) in [6.45, 7) is 10.1. The molecule has 4 rings (SSSR count). The van der Waals surface area contributed by atoms with E-state index >= 15 is 0 Å². The van der Waals surface area contributed by atoms with Gasteiger partial charge >= 0.3 is 6.03 Å². The van der Waals surface area contributed by atoms with Crippen molar-refractivity contribution in [3.8, 4) is 0 Å². The molecule has 3 aromatic carbocycles. The largest absolute Gasteiger partial charge is 0.324 e. The van der Waals surface area contributed by atoms with Gasteiger partial charge in [0.15, 0.2) is 0 Å². The number of aryl methyl sites for hydroxylation is 4. The molecular formula is C27H31N3O3S. The SMILES string of the molecule is Cc1ccc(S(=O)(=O)Nc2ccc(N3CCCN(Cc4c(C)cc(C)cc4C)C3=O)cc2)cc1. The molecular weight excluding hydrogens is 446 g/mol. The van der Waals surface area contributed by atoms with E-state index in [1.54, 1.807) is 53.4 Å². The maximum absolute atomic E-state index is 13.3. The van der Waals surface area contributed by atoms with Crippen LogP contribution in [-0.2, 0) is 16.6 Å². The molecule has 1 saturated heterocycles. The summed E-state index contributed by atoms with van der Waals surface area (Å²) in [5, 5.41) is 0.